The number of sulfone groups is 1. The van der Waals surface area contributed by atoms with Crippen molar-refractivity contribution in [2.24, 2.45) is 0 Å². The highest BCUT2D eigenvalue weighted by molar-refractivity contribution is 7.90. The number of imidazole rings is 1. The van der Waals surface area contributed by atoms with Gasteiger partial charge in [0.15, 0.2) is 0 Å². The van der Waals surface area contributed by atoms with Crippen LogP contribution in [0.2, 0.25) is 0 Å². The quantitative estimate of drug-likeness (QED) is 0.703. The van der Waals surface area contributed by atoms with Crippen LogP contribution >= 0.6 is 0 Å². The van der Waals surface area contributed by atoms with Gasteiger partial charge < -0.3 is 10.3 Å². The van der Waals surface area contributed by atoms with Crippen LogP contribution in [0.1, 0.15) is 5.82 Å². The minimum absolute atomic E-state index is 0.0869. The first-order valence-electron chi connectivity index (χ1n) is 4.34. The van der Waals surface area contributed by atoms with Crippen LogP contribution in [0.25, 0.3) is 0 Å². The van der Waals surface area contributed by atoms with Gasteiger partial charge in [0.25, 0.3) is 0 Å². The van der Waals surface area contributed by atoms with Gasteiger partial charge in [0.1, 0.15) is 15.7 Å². The van der Waals surface area contributed by atoms with E-state index in [1.165, 1.54) is 6.26 Å². The van der Waals surface area contributed by atoms with E-state index in [0.717, 1.165) is 5.82 Å². The zero-order valence-electron chi connectivity index (χ0n) is 8.32. The maximum Gasteiger partial charge on any atom is 0.148 e. The van der Waals surface area contributed by atoms with Crippen LogP contribution in [0, 0.1) is 0 Å². The van der Waals surface area contributed by atoms with Gasteiger partial charge >= 0.3 is 0 Å². The molecular formula is C8H15N3O2S. The zero-order chi connectivity index (χ0) is 10.6. The van der Waals surface area contributed by atoms with Crippen molar-refractivity contribution in [1.82, 2.24) is 15.3 Å². The van der Waals surface area contributed by atoms with Crippen LogP contribution in [0.5, 0.6) is 0 Å². The Balaban J connectivity index is 2.56. The van der Waals surface area contributed by atoms with Crippen molar-refractivity contribution >= 4 is 9.84 Å². The maximum absolute atomic E-state index is 11.1. The van der Waals surface area contributed by atoms with Crippen molar-refractivity contribution < 1.29 is 8.42 Å². The standard InChI is InChI=1S/C8H15N3O2S/c1-9-7(6-14(2,12)13)5-8-10-3-4-11-8/h3-4,7,9H,5-6H2,1-2H3,(H,10,11). The van der Waals surface area contributed by atoms with Gasteiger partial charge in [-0.05, 0) is 7.05 Å². The molecule has 0 bridgehead atoms. The summed E-state index contributed by atoms with van der Waals surface area (Å²) in [6.45, 7) is 0. The van der Waals surface area contributed by atoms with E-state index in [2.05, 4.69) is 15.3 Å². The molecule has 1 aromatic heterocycles. The third kappa shape index (κ3) is 3.89. The van der Waals surface area contributed by atoms with E-state index in [0.29, 0.717) is 6.42 Å². The number of nitrogens with zero attached hydrogens (tertiary/aromatic N) is 1. The van der Waals surface area contributed by atoms with Crippen LogP contribution in [-0.2, 0) is 16.3 Å². The molecule has 2 N–H and O–H groups in total. The van der Waals surface area contributed by atoms with E-state index in [1.807, 2.05) is 0 Å². The summed E-state index contributed by atoms with van der Waals surface area (Å²) in [4.78, 5) is 6.99. The molecule has 0 radical (unpaired) electrons. The minimum Gasteiger partial charge on any atom is -0.349 e. The normalized spacial score (nSPS) is 14.1. The van der Waals surface area contributed by atoms with Gasteiger partial charge in [-0.2, -0.15) is 0 Å². The second-order valence-electron chi connectivity index (χ2n) is 3.32. The van der Waals surface area contributed by atoms with Gasteiger partial charge in [-0.1, -0.05) is 0 Å². The Hall–Kier alpha value is -0.880. The number of likely N-dealkylation sites (N-methyl/N-ethyl adjacent to an activating group) is 1. The van der Waals surface area contributed by atoms with E-state index < -0.39 is 9.84 Å². The lowest BCUT2D eigenvalue weighted by molar-refractivity contribution is 0.561. The fraction of sp³-hybridized carbons (Fsp3) is 0.625. The third-order valence-corrected chi connectivity index (χ3v) is 2.91. The lowest BCUT2D eigenvalue weighted by atomic mass is 10.2. The van der Waals surface area contributed by atoms with Crippen molar-refractivity contribution in [2.75, 3.05) is 19.1 Å². The van der Waals surface area contributed by atoms with Crippen molar-refractivity contribution in [3.8, 4) is 0 Å². The van der Waals surface area contributed by atoms with Crippen LogP contribution in [-0.4, -0.2) is 43.5 Å². The van der Waals surface area contributed by atoms with Crippen molar-refractivity contribution in [2.45, 2.75) is 12.5 Å². The largest absolute Gasteiger partial charge is 0.349 e. The molecule has 0 saturated carbocycles. The highest BCUT2D eigenvalue weighted by Crippen LogP contribution is 1.99. The Labute approximate surface area is 83.9 Å². The number of aromatic nitrogens is 2. The van der Waals surface area contributed by atoms with E-state index >= 15 is 0 Å². The molecule has 1 heterocycles. The summed E-state index contributed by atoms with van der Waals surface area (Å²) >= 11 is 0. The fourth-order valence-electron chi connectivity index (χ4n) is 1.25. The smallest absolute Gasteiger partial charge is 0.148 e. The van der Waals surface area contributed by atoms with Crippen molar-refractivity contribution in [1.29, 1.82) is 0 Å². The summed E-state index contributed by atoms with van der Waals surface area (Å²) in [6, 6.07) is -0.0869. The Bertz CT molecular complexity index is 358. The average Bonchev–Trinajstić information content (AvgIpc) is 2.53. The predicted octanol–water partition coefficient (Wildman–Crippen LogP) is -0.415. The summed E-state index contributed by atoms with van der Waals surface area (Å²) < 4.78 is 22.1. The second kappa shape index (κ2) is 4.56. The molecule has 0 saturated heterocycles. The molecule has 5 nitrogen and oxygen atoms in total. The summed E-state index contributed by atoms with van der Waals surface area (Å²) in [5, 5.41) is 2.96. The predicted molar refractivity (Wildman–Crippen MR) is 54.9 cm³/mol. The number of hydrogen-bond acceptors (Lipinski definition) is 4. The lowest BCUT2D eigenvalue weighted by Gasteiger charge is -2.12. The van der Waals surface area contributed by atoms with E-state index in [-0.39, 0.29) is 11.8 Å². The van der Waals surface area contributed by atoms with Gasteiger partial charge in [-0.25, -0.2) is 13.4 Å². The fourth-order valence-corrected chi connectivity index (χ4v) is 2.27. The molecule has 0 aromatic carbocycles. The molecule has 80 valence electrons. The minimum atomic E-state index is -2.94. The molecule has 0 amide bonds. The summed E-state index contributed by atoms with van der Waals surface area (Å²) in [5.41, 5.74) is 0. The summed E-state index contributed by atoms with van der Waals surface area (Å²) in [7, 11) is -1.19. The van der Waals surface area contributed by atoms with Gasteiger partial charge in [-0.3, -0.25) is 0 Å². The Morgan fingerprint density at radius 2 is 2.36 bits per heavy atom. The molecule has 1 rings (SSSR count). The van der Waals surface area contributed by atoms with E-state index in [4.69, 9.17) is 0 Å². The molecule has 1 aromatic rings. The molecule has 0 aliphatic heterocycles. The number of aromatic amines is 1. The molecule has 1 atom stereocenters. The SMILES string of the molecule is CNC(Cc1ncc[nH]1)CS(C)(=O)=O. The molecule has 0 fully saturated rings. The molecule has 0 spiro atoms. The average molecular weight is 217 g/mol. The Morgan fingerprint density at radius 1 is 1.64 bits per heavy atom. The third-order valence-electron chi connectivity index (χ3n) is 1.91. The van der Waals surface area contributed by atoms with E-state index in [9.17, 15) is 8.42 Å². The molecule has 14 heavy (non-hydrogen) atoms. The molecule has 0 aliphatic carbocycles. The van der Waals surface area contributed by atoms with Gasteiger partial charge in [0.2, 0.25) is 0 Å². The maximum atomic E-state index is 11.1. The molecular weight excluding hydrogens is 202 g/mol. The molecule has 6 heteroatoms. The molecule has 1 unspecified atom stereocenters. The number of hydrogen-bond donors (Lipinski definition) is 2. The van der Waals surface area contributed by atoms with Gasteiger partial charge in [-0.15, -0.1) is 0 Å². The monoisotopic (exact) mass is 217 g/mol. The van der Waals surface area contributed by atoms with Crippen LogP contribution in [0.4, 0.5) is 0 Å². The first kappa shape index (κ1) is 11.2. The molecule has 0 aliphatic rings. The summed E-state index contributed by atoms with van der Waals surface area (Å²) in [5.74, 6) is 0.928. The lowest BCUT2D eigenvalue weighted by Crippen LogP contribution is -2.34. The Kier molecular flexibility index (Phi) is 3.65. The Morgan fingerprint density at radius 3 is 2.79 bits per heavy atom. The van der Waals surface area contributed by atoms with Gasteiger partial charge in [0, 0.05) is 31.1 Å². The highest BCUT2D eigenvalue weighted by Gasteiger charge is 2.14. The zero-order valence-corrected chi connectivity index (χ0v) is 9.13. The highest BCUT2D eigenvalue weighted by atomic mass is 32.2. The van der Waals surface area contributed by atoms with Crippen LogP contribution in [0.15, 0.2) is 12.4 Å². The number of rotatable bonds is 5. The van der Waals surface area contributed by atoms with E-state index in [1.54, 1.807) is 19.4 Å². The second-order valence-corrected chi connectivity index (χ2v) is 5.50. The summed E-state index contributed by atoms with van der Waals surface area (Å²) in [6.07, 6.45) is 5.21. The van der Waals surface area contributed by atoms with Gasteiger partial charge in [0.05, 0.1) is 5.75 Å². The topological polar surface area (TPSA) is 74.8 Å². The number of nitrogens with one attached hydrogen (secondary N) is 2. The first-order chi connectivity index (χ1) is 6.51. The van der Waals surface area contributed by atoms with Crippen molar-refractivity contribution in [3.63, 3.8) is 0 Å². The van der Waals surface area contributed by atoms with Crippen LogP contribution < -0.4 is 5.32 Å². The number of H-pyrrole nitrogens is 1. The van der Waals surface area contributed by atoms with Crippen LogP contribution in [0.3, 0.4) is 0 Å². The first-order valence-corrected chi connectivity index (χ1v) is 6.40. The van der Waals surface area contributed by atoms with Crippen molar-refractivity contribution in [3.05, 3.63) is 18.2 Å².